The van der Waals surface area contributed by atoms with Crippen molar-refractivity contribution in [3.05, 3.63) is 0 Å². The van der Waals surface area contributed by atoms with Gasteiger partial charge in [0.1, 0.15) is 0 Å². The first-order valence-electron chi connectivity index (χ1n) is 2.90. The second-order valence-electron chi connectivity index (χ2n) is 2.16. The fraction of sp³-hybridized carbons (Fsp3) is 1.00. The van der Waals surface area contributed by atoms with Crippen molar-refractivity contribution in [3.8, 4) is 0 Å². The zero-order valence-electron chi connectivity index (χ0n) is 5.64. The van der Waals surface area contributed by atoms with Crippen LogP contribution in [0.15, 0.2) is 0 Å². The van der Waals surface area contributed by atoms with Gasteiger partial charge in [-0.3, -0.25) is 0 Å². The summed E-state index contributed by atoms with van der Waals surface area (Å²) in [7, 11) is 0. The molecule has 74 valence electrons. The van der Waals surface area contributed by atoms with Crippen LogP contribution in [0.2, 0.25) is 0 Å². The fourth-order valence-corrected chi connectivity index (χ4v) is 0.454. The van der Waals surface area contributed by atoms with Crippen molar-refractivity contribution in [2.24, 2.45) is 0 Å². The van der Waals surface area contributed by atoms with Crippen molar-refractivity contribution in [2.45, 2.75) is 31.4 Å². The zero-order chi connectivity index (χ0) is 9.99. The third kappa shape index (κ3) is 5.20. The summed E-state index contributed by atoms with van der Waals surface area (Å²) in [5, 5.41) is 0. The monoisotopic (exact) mass is 198 g/mol. The molecule has 0 N–H and O–H groups in total. The molecule has 0 amide bonds. The van der Waals surface area contributed by atoms with Gasteiger partial charge < -0.3 is 0 Å². The molecule has 0 aromatic carbocycles. The van der Waals surface area contributed by atoms with Gasteiger partial charge in [0.2, 0.25) is 0 Å². The van der Waals surface area contributed by atoms with E-state index >= 15 is 0 Å². The first kappa shape index (κ1) is 11.5. The average Bonchev–Trinajstić information content (AvgIpc) is 1.78. The van der Waals surface area contributed by atoms with Crippen LogP contribution in [-0.4, -0.2) is 18.5 Å². The third-order valence-corrected chi connectivity index (χ3v) is 1.04. The van der Waals surface area contributed by atoms with E-state index < -0.39 is 31.4 Å². The highest BCUT2D eigenvalue weighted by molar-refractivity contribution is 4.67. The van der Waals surface area contributed by atoms with Crippen molar-refractivity contribution in [2.75, 3.05) is 0 Å². The van der Waals surface area contributed by atoms with Crippen molar-refractivity contribution in [1.82, 2.24) is 0 Å². The average molecular weight is 198 g/mol. The van der Waals surface area contributed by atoms with Gasteiger partial charge in [-0.25, -0.2) is 4.39 Å². The molecule has 12 heavy (non-hydrogen) atoms. The molecular weight excluding hydrogens is 193 g/mol. The number of alkyl halides is 7. The fourth-order valence-electron chi connectivity index (χ4n) is 0.454. The van der Waals surface area contributed by atoms with E-state index in [1.165, 1.54) is 0 Å². The molecule has 0 aromatic rings. The van der Waals surface area contributed by atoms with Gasteiger partial charge in [0, 0.05) is 6.42 Å². The number of halogens is 7. The van der Waals surface area contributed by atoms with Gasteiger partial charge in [-0.05, 0) is 6.42 Å². The minimum Gasteiger partial charge on any atom is -0.237 e. The molecule has 0 aliphatic carbocycles. The van der Waals surface area contributed by atoms with Crippen LogP contribution in [-0.2, 0) is 0 Å². The summed E-state index contributed by atoms with van der Waals surface area (Å²) in [6.45, 7) is 0. The maximum absolute atomic E-state index is 11.8. The summed E-state index contributed by atoms with van der Waals surface area (Å²) in [5.74, 6) is 0. The van der Waals surface area contributed by atoms with E-state index in [1.807, 2.05) is 0 Å². The Balaban J connectivity index is 3.80. The Bertz CT molecular complexity index is 132. The lowest BCUT2D eigenvalue weighted by Gasteiger charge is -2.12. The van der Waals surface area contributed by atoms with Crippen LogP contribution in [0.1, 0.15) is 12.8 Å². The highest BCUT2D eigenvalue weighted by Gasteiger charge is 2.42. The minimum atomic E-state index is -5.19. The second kappa shape index (κ2) is 3.49. The number of rotatable bonds is 2. The van der Waals surface area contributed by atoms with Crippen LogP contribution >= 0.6 is 0 Å². The van der Waals surface area contributed by atoms with Gasteiger partial charge in [0.25, 0.3) is 0 Å². The van der Waals surface area contributed by atoms with Gasteiger partial charge in [-0.2, -0.15) is 26.3 Å². The zero-order valence-corrected chi connectivity index (χ0v) is 5.64. The van der Waals surface area contributed by atoms with Crippen LogP contribution in [0.5, 0.6) is 0 Å². The highest BCUT2D eigenvalue weighted by Crippen LogP contribution is 2.30. The summed E-state index contributed by atoms with van der Waals surface area (Å²) in [6, 6.07) is 0. The summed E-state index contributed by atoms with van der Waals surface area (Å²) < 4.78 is 79.5. The van der Waals surface area contributed by atoms with Crippen LogP contribution in [0, 0.1) is 0 Å². The lowest BCUT2D eigenvalue weighted by Crippen LogP contribution is -2.26. The Morgan fingerprint density at radius 2 is 1.33 bits per heavy atom. The Morgan fingerprint density at radius 1 is 0.917 bits per heavy atom. The Morgan fingerprint density at radius 3 is 1.58 bits per heavy atom. The number of hydrogen-bond donors (Lipinski definition) is 0. The van der Waals surface area contributed by atoms with E-state index in [9.17, 15) is 30.7 Å². The van der Waals surface area contributed by atoms with E-state index in [0.29, 0.717) is 0 Å². The van der Waals surface area contributed by atoms with Crippen molar-refractivity contribution >= 4 is 0 Å². The molecule has 1 unspecified atom stereocenters. The maximum Gasteiger partial charge on any atom is 0.419 e. The highest BCUT2D eigenvalue weighted by atomic mass is 19.4. The van der Waals surface area contributed by atoms with Gasteiger partial charge in [-0.1, -0.05) is 0 Å². The van der Waals surface area contributed by atoms with E-state index in [1.54, 1.807) is 0 Å². The molecular formula is C5H5F7. The van der Waals surface area contributed by atoms with Crippen molar-refractivity contribution < 1.29 is 30.7 Å². The van der Waals surface area contributed by atoms with E-state index in [2.05, 4.69) is 0 Å². The predicted octanol–water partition coefficient (Wildman–Crippen LogP) is 3.23. The SMILES string of the molecule is FC(CCC(F)(F)F)C(F)(F)F. The van der Waals surface area contributed by atoms with E-state index in [0.717, 1.165) is 0 Å². The lowest BCUT2D eigenvalue weighted by molar-refractivity contribution is -0.194. The second-order valence-corrected chi connectivity index (χ2v) is 2.16. The minimum absolute atomic E-state index is 1.56. The molecule has 0 nitrogen and oxygen atoms in total. The molecule has 0 saturated heterocycles. The van der Waals surface area contributed by atoms with Gasteiger partial charge in [-0.15, -0.1) is 0 Å². The lowest BCUT2D eigenvalue weighted by atomic mass is 10.2. The molecule has 0 heterocycles. The van der Waals surface area contributed by atoms with Gasteiger partial charge in [0.05, 0.1) is 0 Å². The summed E-state index contributed by atoms with van der Waals surface area (Å²) in [5.41, 5.74) is 0. The summed E-state index contributed by atoms with van der Waals surface area (Å²) in [4.78, 5) is 0. The molecule has 0 spiro atoms. The topological polar surface area (TPSA) is 0 Å². The Labute approximate surface area is 63.4 Å². The van der Waals surface area contributed by atoms with E-state index in [4.69, 9.17) is 0 Å². The summed E-state index contributed by atoms with van der Waals surface area (Å²) >= 11 is 0. The molecule has 0 rings (SSSR count). The van der Waals surface area contributed by atoms with E-state index in [-0.39, 0.29) is 0 Å². The molecule has 0 aliphatic heterocycles. The first-order chi connectivity index (χ1) is 5.13. The molecule has 0 radical (unpaired) electrons. The molecule has 0 fully saturated rings. The smallest absolute Gasteiger partial charge is 0.237 e. The Hall–Kier alpha value is -0.490. The van der Waals surface area contributed by atoms with Crippen LogP contribution in [0.25, 0.3) is 0 Å². The molecule has 0 aliphatic rings. The van der Waals surface area contributed by atoms with Crippen molar-refractivity contribution in [1.29, 1.82) is 0 Å². The molecule has 0 saturated carbocycles. The van der Waals surface area contributed by atoms with Crippen molar-refractivity contribution in [3.63, 3.8) is 0 Å². The Kier molecular flexibility index (Phi) is 3.34. The molecule has 0 bridgehead atoms. The third-order valence-electron chi connectivity index (χ3n) is 1.04. The molecule has 0 aromatic heterocycles. The van der Waals surface area contributed by atoms with Crippen LogP contribution in [0.3, 0.4) is 0 Å². The quantitative estimate of drug-likeness (QED) is 0.597. The normalized spacial score (nSPS) is 16.2. The largest absolute Gasteiger partial charge is 0.419 e. The summed E-state index contributed by atoms with van der Waals surface area (Å²) in [6.07, 6.45) is -16.6. The molecule has 1 atom stereocenters. The van der Waals surface area contributed by atoms with Gasteiger partial charge >= 0.3 is 12.4 Å². The maximum atomic E-state index is 11.8. The standard InChI is InChI=1S/C5H5F7/c6-3(5(10,11)12)1-2-4(7,8)9/h3H,1-2H2. The molecule has 7 heteroatoms. The van der Waals surface area contributed by atoms with Crippen LogP contribution in [0.4, 0.5) is 30.7 Å². The first-order valence-corrected chi connectivity index (χ1v) is 2.90. The van der Waals surface area contributed by atoms with Crippen LogP contribution < -0.4 is 0 Å². The predicted molar refractivity (Wildman–Crippen MR) is 26.2 cm³/mol. The van der Waals surface area contributed by atoms with Gasteiger partial charge in [0.15, 0.2) is 6.17 Å². The number of hydrogen-bond acceptors (Lipinski definition) is 0.